The zero-order valence-electron chi connectivity index (χ0n) is 18.1. The van der Waals surface area contributed by atoms with Crippen LogP contribution in [0.5, 0.6) is 0 Å². The van der Waals surface area contributed by atoms with Crippen LogP contribution in [0.3, 0.4) is 0 Å². The maximum absolute atomic E-state index is 10.7. The maximum Gasteiger partial charge on any atom is 0.404 e. The van der Waals surface area contributed by atoms with E-state index in [1.54, 1.807) is 0 Å². The third kappa shape index (κ3) is 6.57. The van der Waals surface area contributed by atoms with Crippen LogP contribution < -0.4 is 11.1 Å². The molecule has 2 aromatic carbocycles. The van der Waals surface area contributed by atoms with Crippen LogP contribution in [-0.4, -0.2) is 22.7 Å². The summed E-state index contributed by atoms with van der Waals surface area (Å²) < 4.78 is 0. The van der Waals surface area contributed by atoms with Gasteiger partial charge < -0.3 is 16.2 Å². The number of pyridine rings is 1. The van der Waals surface area contributed by atoms with Crippen LogP contribution >= 0.6 is 24.8 Å². The number of benzene rings is 2. The minimum Gasteiger partial charge on any atom is -0.465 e. The largest absolute Gasteiger partial charge is 0.465 e. The predicted molar refractivity (Wildman–Crippen MR) is 133 cm³/mol. The van der Waals surface area contributed by atoms with Crippen LogP contribution in [0.15, 0.2) is 42.5 Å². The highest BCUT2D eigenvalue weighted by molar-refractivity contribution is 5.97. The molecule has 5 nitrogen and oxygen atoms in total. The van der Waals surface area contributed by atoms with E-state index in [0.29, 0.717) is 25.4 Å². The summed E-state index contributed by atoms with van der Waals surface area (Å²) in [6, 6.07) is 14.7. The molecule has 168 valence electrons. The van der Waals surface area contributed by atoms with E-state index in [1.807, 2.05) is 12.1 Å². The molecule has 7 heteroatoms. The fraction of sp³-hybridized carbons (Fsp3) is 0.333. The van der Waals surface area contributed by atoms with Gasteiger partial charge in [-0.2, -0.15) is 0 Å². The van der Waals surface area contributed by atoms with Crippen molar-refractivity contribution < 1.29 is 9.90 Å². The lowest BCUT2D eigenvalue weighted by molar-refractivity contribution is 0.194. The van der Waals surface area contributed by atoms with Gasteiger partial charge in [0, 0.05) is 24.2 Å². The summed E-state index contributed by atoms with van der Waals surface area (Å²) in [5.74, 6) is 0.484. The number of halogens is 2. The first-order valence-electron chi connectivity index (χ1n) is 10.1. The summed E-state index contributed by atoms with van der Waals surface area (Å²) in [6.45, 7) is 7.27. The molecule has 31 heavy (non-hydrogen) atoms. The van der Waals surface area contributed by atoms with Gasteiger partial charge in [-0.05, 0) is 60.1 Å². The number of hydrogen-bond donors (Lipinski definition) is 3. The summed E-state index contributed by atoms with van der Waals surface area (Å²) in [7, 11) is 0. The topological polar surface area (TPSA) is 88.2 Å². The molecule has 3 rings (SSSR count). The highest BCUT2D eigenvalue weighted by Crippen LogP contribution is 2.34. The zero-order chi connectivity index (χ0) is 21.0. The number of amides is 1. The lowest BCUT2D eigenvalue weighted by Crippen LogP contribution is -2.23. The first-order valence-corrected chi connectivity index (χ1v) is 10.1. The number of rotatable bonds is 7. The SMILES string of the molecule is Cc1ccc(-c2c(CN)c(CC(C)C)nc3ccc(CCNC(=O)O)cc23)cc1.Cl.Cl. The second-order valence-corrected chi connectivity index (χ2v) is 7.91. The Labute approximate surface area is 196 Å². The summed E-state index contributed by atoms with van der Waals surface area (Å²) >= 11 is 0. The van der Waals surface area contributed by atoms with Crippen molar-refractivity contribution in [1.82, 2.24) is 10.3 Å². The number of aryl methyl sites for hydroxylation is 1. The third-order valence-electron chi connectivity index (χ3n) is 5.07. The van der Waals surface area contributed by atoms with Crippen LogP contribution in [0, 0.1) is 12.8 Å². The van der Waals surface area contributed by atoms with Crippen molar-refractivity contribution in [2.45, 2.75) is 40.2 Å². The second kappa shape index (κ2) is 11.9. The van der Waals surface area contributed by atoms with Gasteiger partial charge in [-0.25, -0.2) is 4.79 Å². The van der Waals surface area contributed by atoms with Crippen molar-refractivity contribution in [3.05, 3.63) is 64.8 Å². The molecule has 0 saturated carbocycles. The Bertz CT molecular complexity index is 1020. The van der Waals surface area contributed by atoms with E-state index in [0.717, 1.165) is 45.3 Å². The molecule has 0 saturated heterocycles. The summed E-state index contributed by atoms with van der Waals surface area (Å²) in [5, 5.41) is 12.3. The third-order valence-corrected chi connectivity index (χ3v) is 5.07. The first kappa shape index (κ1) is 26.7. The van der Waals surface area contributed by atoms with E-state index < -0.39 is 6.09 Å². The molecule has 0 bridgehead atoms. The lowest BCUT2D eigenvalue weighted by Gasteiger charge is -2.18. The molecule has 3 aromatic rings. The molecule has 0 aliphatic rings. The highest BCUT2D eigenvalue weighted by Gasteiger charge is 2.17. The van der Waals surface area contributed by atoms with Crippen LogP contribution in [0.4, 0.5) is 4.79 Å². The maximum atomic E-state index is 10.7. The van der Waals surface area contributed by atoms with Gasteiger partial charge in [0.15, 0.2) is 0 Å². The van der Waals surface area contributed by atoms with Gasteiger partial charge in [0.25, 0.3) is 0 Å². The number of carboxylic acid groups (broad SMARTS) is 1. The highest BCUT2D eigenvalue weighted by atomic mass is 35.5. The van der Waals surface area contributed by atoms with E-state index in [9.17, 15) is 4.79 Å². The minimum atomic E-state index is -1.00. The molecule has 0 aliphatic carbocycles. The Balaban J connectivity index is 0.00000240. The van der Waals surface area contributed by atoms with E-state index in [-0.39, 0.29) is 24.8 Å². The van der Waals surface area contributed by atoms with Gasteiger partial charge in [-0.1, -0.05) is 49.7 Å². The van der Waals surface area contributed by atoms with Crippen molar-refractivity contribution >= 4 is 41.8 Å². The van der Waals surface area contributed by atoms with Crippen molar-refractivity contribution in [2.24, 2.45) is 11.7 Å². The molecule has 0 spiro atoms. The number of nitrogens with one attached hydrogen (secondary N) is 1. The Morgan fingerprint density at radius 2 is 1.81 bits per heavy atom. The molecule has 1 heterocycles. The fourth-order valence-corrected chi connectivity index (χ4v) is 3.70. The summed E-state index contributed by atoms with van der Waals surface area (Å²) in [5.41, 5.74) is 13.9. The standard InChI is InChI=1S/C24H29N3O2.2ClH/c1-15(2)12-22-20(14-25)23(18-7-4-16(3)5-8-18)19-13-17(6-9-21(19)27-22)10-11-26-24(28)29;;/h4-9,13,15,26H,10-12,14,25H2,1-3H3,(H,28,29);2*1H. The number of nitrogens with two attached hydrogens (primary N) is 1. The molecular weight excluding hydrogens is 433 g/mol. The van der Waals surface area contributed by atoms with Crippen molar-refractivity contribution in [1.29, 1.82) is 0 Å². The second-order valence-electron chi connectivity index (χ2n) is 7.91. The van der Waals surface area contributed by atoms with Gasteiger partial charge in [-0.15, -0.1) is 24.8 Å². The number of aromatic nitrogens is 1. The predicted octanol–water partition coefficient (Wildman–Crippen LogP) is 5.52. The molecule has 0 aliphatic heterocycles. The van der Waals surface area contributed by atoms with Gasteiger partial charge in [0.1, 0.15) is 0 Å². The Hall–Kier alpha value is -2.34. The van der Waals surface area contributed by atoms with Crippen LogP contribution in [0.2, 0.25) is 0 Å². The Morgan fingerprint density at radius 1 is 1.13 bits per heavy atom. The molecule has 0 fully saturated rings. The van der Waals surface area contributed by atoms with Crippen LogP contribution in [0.1, 0.15) is 36.2 Å². The quantitative estimate of drug-likeness (QED) is 0.430. The van der Waals surface area contributed by atoms with Gasteiger partial charge in [-0.3, -0.25) is 4.98 Å². The van der Waals surface area contributed by atoms with Crippen molar-refractivity contribution in [3.8, 4) is 11.1 Å². The van der Waals surface area contributed by atoms with Crippen molar-refractivity contribution in [3.63, 3.8) is 0 Å². The minimum absolute atomic E-state index is 0. The van der Waals surface area contributed by atoms with Gasteiger partial charge >= 0.3 is 6.09 Å². The van der Waals surface area contributed by atoms with E-state index in [1.165, 1.54) is 5.56 Å². The molecule has 0 radical (unpaired) electrons. The molecular formula is C24H31Cl2N3O2. The normalized spacial score (nSPS) is 10.5. The van der Waals surface area contributed by atoms with E-state index in [4.69, 9.17) is 15.8 Å². The van der Waals surface area contributed by atoms with Crippen molar-refractivity contribution in [2.75, 3.05) is 6.54 Å². The van der Waals surface area contributed by atoms with Crippen LogP contribution in [-0.2, 0) is 19.4 Å². The molecule has 1 amide bonds. The van der Waals surface area contributed by atoms with Gasteiger partial charge in [0.2, 0.25) is 0 Å². The molecule has 1 aromatic heterocycles. The molecule has 0 unspecified atom stereocenters. The summed E-state index contributed by atoms with van der Waals surface area (Å²) in [6.07, 6.45) is 0.504. The fourth-order valence-electron chi connectivity index (χ4n) is 3.70. The smallest absolute Gasteiger partial charge is 0.404 e. The number of nitrogens with zero attached hydrogens (tertiary/aromatic N) is 1. The first-order chi connectivity index (χ1) is 13.9. The van der Waals surface area contributed by atoms with E-state index in [2.05, 4.69) is 56.4 Å². The number of hydrogen-bond acceptors (Lipinski definition) is 3. The zero-order valence-corrected chi connectivity index (χ0v) is 19.8. The lowest BCUT2D eigenvalue weighted by atomic mass is 9.90. The number of carbonyl (C=O) groups is 1. The average Bonchev–Trinajstić information content (AvgIpc) is 2.67. The monoisotopic (exact) mass is 463 g/mol. The molecule has 0 atom stereocenters. The summed E-state index contributed by atoms with van der Waals surface area (Å²) in [4.78, 5) is 15.7. The van der Waals surface area contributed by atoms with Crippen LogP contribution in [0.25, 0.3) is 22.0 Å². The average molecular weight is 464 g/mol. The molecule has 4 N–H and O–H groups in total. The van der Waals surface area contributed by atoms with E-state index >= 15 is 0 Å². The number of fused-ring (bicyclic) bond motifs is 1. The van der Waals surface area contributed by atoms with Gasteiger partial charge in [0.05, 0.1) is 5.52 Å². The Kier molecular flexibility index (Phi) is 10.2. The Morgan fingerprint density at radius 3 is 2.39 bits per heavy atom.